The summed E-state index contributed by atoms with van der Waals surface area (Å²) in [6, 6.07) is 5.10. The predicted octanol–water partition coefficient (Wildman–Crippen LogP) is 4.88. The van der Waals surface area contributed by atoms with E-state index in [0.717, 1.165) is 31.2 Å². The third-order valence-electron chi connectivity index (χ3n) is 7.39. The van der Waals surface area contributed by atoms with Crippen molar-refractivity contribution < 1.29 is 24.2 Å². The zero-order valence-corrected chi connectivity index (χ0v) is 26.6. The predicted molar refractivity (Wildman–Crippen MR) is 165 cm³/mol. The number of nitrogens with one attached hydrogen (secondary N) is 2. The second-order valence-corrected chi connectivity index (χ2v) is 11.5. The van der Waals surface area contributed by atoms with E-state index in [1.165, 1.54) is 0 Å². The van der Waals surface area contributed by atoms with Gasteiger partial charge >= 0.3 is 0 Å². The number of hydrogen-bond acceptors (Lipinski definition) is 6. The van der Waals surface area contributed by atoms with Gasteiger partial charge in [-0.05, 0) is 74.5 Å². The number of carbonyl (C=O) groups is 2. The zero-order chi connectivity index (χ0) is 29.4. The van der Waals surface area contributed by atoms with Crippen LogP contribution in [0, 0.1) is 30.6 Å². The highest BCUT2D eigenvalue weighted by Gasteiger charge is 2.29. The topological polar surface area (TPSA) is 123 Å². The molecule has 8 nitrogen and oxygen atoms in total. The molecule has 0 saturated carbocycles. The van der Waals surface area contributed by atoms with Gasteiger partial charge in [-0.1, -0.05) is 47.1 Å². The van der Waals surface area contributed by atoms with Crippen LogP contribution in [0.3, 0.4) is 0 Å². The van der Waals surface area contributed by atoms with Crippen molar-refractivity contribution in [3.05, 3.63) is 29.3 Å². The van der Waals surface area contributed by atoms with E-state index in [2.05, 4.69) is 31.4 Å². The van der Waals surface area contributed by atoms with Crippen LogP contribution in [-0.4, -0.2) is 62.5 Å². The molecule has 0 radical (unpaired) electrons. The summed E-state index contributed by atoms with van der Waals surface area (Å²) in [6.45, 7) is 14.5. The molecule has 0 aliphatic rings. The Hall–Kier alpha value is -1.87. The van der Waals surface area contributed by atoms with E-state index in [0.29, 0.717) is 50.5 Å². The third-order valence-corrected chi connectivity index (χ3v) is 7.39. The average Bonchev–Trinajstić information content (AvgIpc) is 2.88. The average molecular weight is 586 g/mol. The number of aliphatic hydroxyl groups excluding tert-OH is 1. The Morgan fingerprint density at radius 3 is 2.27 bits per heavy atom. The van der Waals surface area contributed by atoms with Crippen molar-refractivity contribution in [2.75, 3.05) is 33.4 Å². The lowest BCUT2D eigenvalue weighted by molar-refractivity contribution is -0.127. The van der Waals surface area contributed by atoms with Crippen molar-refractivity contribution in [3.63, 3.8) is 0 Å². The van der Waals surface area contributed by atoms with Gasteiger partial charge < -0.3 is 30.9 Å². The first-order valence-electron chi connectivity index (χ1n) is 14.7. The van der Waals surface area contributed by atoms with E-state index < -0.39 is 12.1 Å². The van der Waals surface area contributed by atoms with Gasteiger partial charge in [0.15, 0.2) is 0 Å². The van der Waals surface area contributed by atoms with E-state index in [-0.39, 0.29) is 47.9 Å². The normalized spacial score (nSPS) is 14.3. The van der Waals surface area contributed by atoms with E-state index in [4.69, 9.17) is 15.2 Å². The molecule has 1 aromatic rings. The minimum Gasteiger partial charge on any atom is -0.493 e. The van der Waals surface area contributed by atoms with Gasteiger partial charge in [-0.2, -0.15) is 0 Å². The maximum absolute atomic E-state index is 13.1. The number of hydrogen-bond donors (Lipinski definition) is 4. The first-order chi connectivity index (χ1) is 18.5. The highest BCUT2D eigenvalue weighted by atomic mass is 35.5. The molecule has 0 aromatic heterocycles. The summed E-state index contributed by atoms with van der Waals surface area (Å²) in [5.41, 5.74) is 7.98. The Bertz CT molecular complexity index is 852. The highest BCUT2D eigenvalue weighted by Crippen LogP contribution is 2.24. The van der Waals surface area contributed by atoms with Crippen LogP contribution in [0.15, 0.2) is 18.2 Å². The maximum atomic E-state index is 13.1. The SMILES string of the molecule is CCCCNC(=O)C(CC(O)C(N)CC(CNC(=O)c1ccc(C)cc1OCCCCOC)C(C)C)C(C)C.Cl. The molecule has 0 fully saturated rings. The lowest BCUT2D eigenvalue weighted by Crippen LogP contribution is -2.44. The number of rotatable bonds is 20. The van der Waals surface area contributed by atoms with E-state index in [9.17, 15) is 14.7 Å². The number of ether oxygens (including phenoxy) is 2. The molecule has 5 N–H and O–H groups in total. The van der Waals surface area contributed by atoms with Crippen molar-refractivity contribution in [2.45, 2.75) is 92.2 Å². The standard InChI is InChI=1S/C31H55N3O5.ClH/c1-8-9-14-33-31(37)26(22(4)5)19-28(35)27(32)18-24(21(2)3)20-34-30(36)25-13-12-23(6)17-29(25)39-16-11-10-15-38-7;/h12-13,17,21-22,24,26-28,35H,8-11,14-16,18-20,32H2,1-7H3,(H,33,37)(H,34,36);1H. The number of carbonyl (C=O) groups excluding carboxylic acids is 2. The molecule has 1 aromatic carbocycles. The molecule has 0 bridgehead atoms. The van der Waals surface area contributed by atoms with Crippen LogP contribution in [0.1, 0.15) is 89.1 Å². The summed E-state index contributed by atoms with van der Waals surface area (Å²) in [5, 5.41) is 17.0. The van der Waals surface area contributed by atoms with Crippen LogP contribution in [0.2, 0.25) is 0 Å². The second-order valence-electron chi connectivity index (χ2n) is 11.5. The molecule has 2 amide bonds. The summed E-state index contributed by atoms with van der Waals surface area (Å²) in [6.07, 6.45) is 3.75. The number of amides is 2. The second kappa shape index (κ2) is 20.9. The summed E-state index contributed by atoms with van der Waals surface area (Å²) < 4.78 is 11.0. The molecule has 40 heavy (non-hydrogen) atoms. The molecule has 0 aliphatic carbocycles. The molecule has 0 aliphatic heterocycles. The Labute approximate surface area is 248 Å². The molecule has 232 valence electrons. The fourth-order valence-electron chi connectivity index (χ4n) is 4.52. The molecule has 0 heterocycles. The van der Waals surface area contributed by atoms with Crippen LogP contribution in [0.4, 0.5) is 0 Å². The Kier molecular flexibility index (Phi) is 19.9. The number of halogens is 1. The van der Waals surface area contributed by atoms with Crippen LogP contribution < -0.4 is 21.1 Å². The summed E-state index contributed by atoms with van der Waals surface area (Å²) in [7, 11) is 1.68. The quantitative estimate of drug-likeness (QED) is 0.162. The number of methoxy groups -OCH3 is 1. The van der Waals surface area contributed by atoms with Crippen molar-refractivity contribution in [3.8, 4) is 5.75 Å². The minimum atomic E-state index is -0.804. The molecule has 0 spiro atoms. The fourth-order valence-corrected chi connectivity index (χ4v) is 4.52. The molecular weight excluding hydrogens is 530 g/mol. The number of nitrogens with two attached hydrogens (primary N) is 1. The molecule has 4 atom stereocenters. The van der Waals surface area contributed by atoms with Gasteiger partial charge in [-0.15, -0.1) is 12.4 Å². The van der Waals surface area contributed by atoms with E-state index in [1.807, 2.05) is 32.9 Å². The lowest BCUT2D eigenvalue weighted by Gasteiger charge is -2.30. The number of unbranched alkanes of at least 4 members (excludes halogenated alkanes) is 2. The Balaban J connectivity index is 0.0000152. The maximum Gasteiger partial charge on any atom is 0.255 e. The van der Waals surface area contributed by atoms with Crippen LogP contribution in [0.25, 0.3) is 0 Å². The van der Waals surface area contributed by atoms with E-state index in [1.54, 1.807) is 13.2 Å². The lowest BCUT2D eigenvalue weighted by atomic mass is 9.83. The van der Waals surface area contributed by atoms with Crippen LogP contribution in [0.5, 0.6) is 5.75 Å². The van der Waals surface area contributed by atoms with Gasteiger partial charge in [0.1, 0.15) is 5.75 Å². The van der Waals surface area contributed by atoms with Crippen LogP contribution in [-0.2, 0) is 9.53 Å². The third kappa shape index (κ3) is 14.2. The van der Waals surface area contributed by atoms with Gasteiger partial charge in [0.2, 0.25) is 5.91 Å². The van der Waals surface area contributed by atoms with Gasteiger partial charge in [0.25, 0.3) is 5.91 Å². The molecule has 1 rings (SSSR count). The monoisotopic (exact) mass is 585 g/mol. The fraction of sp³-hybridized carbons (Fsp3) is 0.742. The first kappa shape index (κ1) is 38.1. The summed E-state index contributed by atoms with van der Waals surface area (Å²) in [4.78, 5) is 25.8. The van der Waals surface area contributed by atoms with Gasteiger partial charge in [-0.3, -0.25) is 9.59 Å². The van der Waals surface area contributed by atoms with Crippen molar-refractivity contribution in [1.82, 2.24) is 10.6 Å². The molecule has 0 saturated heterocycles. The number of aliphatic hydroxyl groups is 1. The van der Waals surface area contributed by atoms with Crippen molar-refractivity contribution >= 4 is 24.2 Å². The zero-order valence-electron chi connectivity index (χ0n) is 25.8. The Morgan fingerprint density at radius 2 is 1.68 bits per heavy atom. The molecular formula is C31H56ClN3O5. The smallest absolute Gasteiger partial charge is 0.255 e. The van der Waals surface area contributed by atoms with Gasteiger partial charge in [0, 0.05) is 38.8 Å². The Morgan fingerprint density at radius 1 is 1.00 bits per heavy atom. The molecule has 4 unspecified atom stereocenters. The highest BCUT2D eigenvalue weighted by molar-refractivity contribution is 5.97. The first-order valence-corrected chi connectivity index (χ1v) is 14.7. The van der Waals surface area contributed by atoms with Crippen molar-refractivity contribution in [2.24, 2.45) is 29.4 Å². The summed E-state index contributed by atoms with van der Waals surface area (Å²) >= 11 is 0. The minimum absolute atomic E-state index is 0. The molecule has 9 heteroatoms. The van der Waals surface area contributed by atoms with Crippen LogP contribution >= 0.6 is 12.4 Å². The van der Waals surface area contributed by atoms with E-state index >= 15 is 0 Å². The van der Waals surface area contributed by atoms with Gasteiger partial charge in [-0.25, -0.2) is 0 Å². The number of benzene rings is 1. The number of aryl methyl sites for hydroxylation is 1. The largest absolute Gasteiger partial charge is 0.493 e. The van der Waals surface area contributed by atoms with Gasteiger partial charge in [0.05, 0.1) is 18.3 Å². The van der Waals surface area contributed by atoms with Crippen molar-refractivity contribution in [1.29, 1.82) is 0 Å². The summed E-state index contributed by atoms with van der Waals surface area (Å²) in [5.74, 6) is 0.483.